The Labute approximate surface area is 88.1 Å². The first-order chi connectivity index (χ1) is 7.27. The lowest BCUT2D eigenvalue weighted by Gasteiger charge is -2.18. The van der Waals surface area contributed by atoms with Crippen LogP contribution in [0.15, 0.2) is 12.7 Å². The van der Waals surface area contributed by atoms with Gasteiger partial charge in [-0.15, -0.1) is 0 Å². The second-order valence-electron chi connectivity index (χ2n) is 4.07. The largest absolute Gasteiger partial charge is 0.481 e. The molecule has 1 aliphatic carbocycles. The summed E-state index contributed by atoms with van der Waals surface area (Å²) in [5, 5.41) is 12.8. The molecule has 1 aromatic rings. The Morgan fingerprint density at radius 3 is 3.07 bits per heavy atom. The molecule has 1 aromatic heterocycles. The average Bonchev–Trinajstić information content (AvgIpc) is 2.85. The molecule has 5 heteroatoms. The van der Waals surface area contributed by atoms with Crippen LogP contribution < -0.4 is 0 Å². The predicted molar refractivity (Wildman–Crippen MR) is 53.3 cm³/mol. The maximum Gasteiger partial charge on any atom is 0.303 e. The van der Waals surface area contributed by atoms with Gasteiger partial charge in [0, 0.05) is 6.42 Å². The Morgan fingerprint density at radius 1 is 1.53 bits per heavy atom. The Balaban J connectivity index is 1.96. The van der Waals surface area contributed by atoms with Gasteiger partial charge in [0.15, 0.2) is 0 Å². The minimum Gasteiger partial charge on any atom is -0.481 e. The smallest absolute Gasteiger partial charge is 0.303 e. The average molecular weight is 209 g/mol. The lowest BCUT2D eigenvalue weighted by Crippen LogP contribution is -2.15. The van der Waals surface area contributed by atoms with E-state index in [1.807, 2.05) is 4.68 Å². The molecule has 2 rings (SSSR count). The van der Waals surface area contributed by atoms with Gasteiger partial charge in [-0.2, -0.15) is 5.10 Å². The van der Waals surface area contributed by atoms with Gasteiger partial charge >= 0.3 is 5.97 Å². The highest BCUT2D eigenvalue weighted by molar-refractivity contribution is 5.66. The molecule has 0 bridgehead atoms. The third-order valence-corrected chi connectivity index (χ3v) is 3.12. The quantitative estimate of drug-likeness (QED) is 0.815. The highest BCUT2D eigenvalue weighted by atomic mass is 16.4. The van der Waals surface area contributed by atoms with Crippen LogP contribution in [0.5, 0.6) is 0 Å². The molecular weight excluding hydrogens is 194 g/mol. The van der Waals surface area contributed by atoms with E-state index in [0.29, 0.717) is 12.0 Å². The second kappa shape index (κ2) is 4.42. The Morgan fingerprint density at radius 2 is 2.40 bits per heavy atom. The van der Waals surface area contributed by atoms with E-state index in [1.54, 1.807) is 6.33 Å². The zero-order valence-corrected chi connectivity index (χ0v) is 8.54. The fourth-order valence-electron chi connectivity index (χ4n) is 2.40. The van der Waals surface area contributed by atoms with Gasteiger partial charge in [0.05, 0.1) is 6.04 Å². The minimum atomic E-state index is -0.709. The molecule has 5 nitrogen and oxygen atoms in total. The van der Waals surface area contributed by atoms with Crippen molar-refractivity contribution in [1.29, 1.82) is 0 Å². The first kappa shape index (κ1) is 10.1. The van der Waals surface area contributed by atoms with Crippen molar-refractivity contribution >= 4 is 5.97 Å². The van der Waals surface area contributed by atoms with Crippen LogP contribution in [-0.2, 0) is 4.79 Å². The van der Waals surface area contributed by atoms with Crippen molar-refractivity contribution in [3.05, 3.63) is 12.7 Å². The molecule has 0 radical (unpaired) electrons. The van der Waals surface area contributed by atoms with Gasteiger partial charge in [-0.1, -0.05) is 6.42 Å². The van der Waals surface area contributed by atoms with Crippen LogP contribution in [0.2, 0.25) is 0 Å². The van der Waals surface area contributed by atoms with Gasteiger partial charge < -0.3 is 5.11 Å². The summed E-state index contributed by atoms with van der Waals surface area (Å²) in [5.74, 6) is -0.262. The highest BCUT2D eigenvalue weighted by Crippen LogP contribution is 2.37. The molecule has 1 aliphatic rings. The maximum absolute atomic E-state index is 10.5. The van der Waals surface area contributed by atoms with Crippen molar-refractivity contribution in [2.75, 3.05) is 0 Å². The summed E-state index contributed by atoms with van der Waals surface area (Å²) in [6.45, 7) is 0. The van der Waals surface area contributed by atoms with E-state index in [9.17, 15) is 4.79 Å². The number of nitrogens with zero attached hydrogens (tertiary/aromatic N) is 3. The highest BCUT2D eigenvalue weighted by Gasteiger charge is 2.29. The topological polar surface area (TPSA) is 68.0 Å². The molecule has 1 saturated carbocycles. The summed E-state index contributed by atoms with van der Waals surface area (Å²) in [6.07, 6.45) is 7.63. The third kappa shape index (κ3) is 2.34. The monoisotopic (exact) mass is 209 g/mol. The molecule has 82 valence electrons. The second-order valence-corrected chi connectivity index (χ2v) is 4.07. The molecule has 2 atom stereocenters. The Hall–Kier alpha value is -1.39. The van der Waals surface area contributed by atoms with E-state index in [4.69, 9.17) is 5.11 Å². The number of rotatable bonds is 4. The molecule has 1 N–H and O–H groups in total. The predicted octanol–water partition coefficient (Wildman–Crippen LogP) is 1.48. The standard InChI is InChI=1S/C10H15N3O2/c14-10(15)5-4-8-2-1-3-9(8)13-7-11-6-12-13/h6-9H,1-5H2,(H,14,15). The first-order valence-electron chi connectivity index (χ1n) is 5.33. The molecule has 0 spiro atoms. The number of carboxylic acids is 1. The Bertz CT molecular complexity index is 323. The van der Waals surface area contributed by atoms with Crippen molar-refractivity contribution in [3.8, 4) is 0 Å². The van der Waals surface area contributed by atoms with Crippen molar-refractivity contribution in [1.82, 2.24) is 14.8 Å². The summed E-state index contributed by atoms with van der Waals surface area (Å²) >= 11 is 0. The van der Waals surface area contributed by atoms with Crippen LogP contribution >= 0.6 is 0 Å². The Kier molecular flexibility index (Phi) is 2.99. The number of aliphatic carboxylic acids is 1. The summed E-state index contributed by atoms with van der Waals surface area (Å²) in [7, 11) is 0. The molecule has 0 aromatic carbocycles. The third-order valence-electron chi connectivity index (χ3n) is 3.12. The van der Waals surface area contributed by atoms with E-state index >= 15 is 0 Å². The van der Waals surface area contributed by atoms with Crippen molar-refractivity contribution in [2.45, 2.75) is 38.1 Å². The summed E-state index contributed by atoms with van der Waals surface area (Å²) in [5.41, 5.74) is 0. The van der Waals surface area contributed by atoms with Crippen LogP contribution in [0, 0.1) is 5.92 Å². The molecule has 15 heavy (non-hydrogen) atoms. The van der Waals surface area contributed by atoms with E-state index in [2.05, 4.69) is 10.1 Å². The molecule has 0 saturated heterocycles. The number of carboxylic acid groups (broad SMARTS) is 1. The molecule has 2 unspecified atom stereocenters. The van der Waals surface area contributed by atoms with Gasteiger partial charge in [-0.25, -0.2) is 9.67 Å². The summed E-state index contributed by atoms with van der Waals surface area (Å²) in [4.78, 5) is 14.4. The molecule has 0 aliphatic heterocycles. The first-order valence-corrected chi connectivity index (χ1v) is 5.33. The summed E-state index contributed by atoms with van der Waals surface area (Å²) < 4.78 is 1.87. The van der Waals surface area contributed by atoms with Gasteiger partial charge in [-0.3, -0.25) is 4.79 Å². The summed E-state index contributed by atoms with van der Waals surface area (Å²) in [6, 6.07) is 0.354. The van der Waals surface area contributed by atoms with Crippen LogP contribution in [0.25, 0.3) is 0 Å². The van der Waals surface area contributed by atoms with Crippen molar-refractivity contribution in [3.63, 3.8) is 0 Å². The molecular formula is C10H15N3O2. The lowest BCUT2D eigenvalue weighted by molar-refractivity contribution is -0.137. The number of aromatic nitrogens is 3. The molecule has 1 fully saturated rings. The zero-order valence-electron chi connectivity index (χ0n) is 8.54. The SMILES string of the molecule is O=C(O)CCC1CCCC1n1cncn1. The van der Waals surface area contributed by atoms with Crippen LogP contribution in [0.4, 0.5) is 0 Å². The van der Waals surface area contributed by atoms with Crippen molar-refractivity contribution in [2.24, 2.45) is 5.92 Å². The van der Waals surface area contributed by atoms with Crippen LogP contribution in [0.1, 0.15) is 38.1 Å². The zero-order chi connectivity index (χ0) is 10.7. The van der Waals surface area contributed by atoms with Crippen LogP contribution in [-0.4, -0.2) is 25.8 Å². The minimum absolute atomic E-state index is 0.260. The van der Waals surface area contributed by atoms with Gasteiger partial charge in [-0.05, 0) is 25.2 Å². The van der Waals surface area contributed by atoms with Gasteiger partial charge in [0.2, 0.25) is 0 Å². The van der Waals surface area contributed by atoms with Crippen LogP contribution in [0.3, 0.4) is 0 Å². The van der Waals surface area contributed by atoms with Gasteiger partial charge in [0.1, 0.15) is 12.7 Å². The maximum atomic E-state index is 10.5. The number of carbonyl (C=O) groups is 1. The number of hydrogen-bond donors (Lipinski definition) is 1. The lowest BCUT2D eigenvalue weighted by atomic mass is 9.98. The van der Waals surface area contributed by atoms with E-state index < -0.39 is 5.97 Å². The van der Waals surface area contributed by atoms with Crippen molar-refractivity contribution < 1.29 is 9.90 Å². The van der Waals surface area contributed by atoms with E-state index in [0.717, 1.165) is 25.7 Å². The fourth-order valence-corrected chi connectivity index (χ4v) is 2.40. The normalized spacial score (nSPS) is 25.6. The van der Waals surface area contributed by atoms with E-state index in [1.165, 1.54) is 6.33 Å². The number of hydrogen-bond acceptors (Lipinski definition) is 3. The van der Waals surface area contributed by atoms with Gasteiger partial charge in [0.25, 0.3) is 0 Å². The molecule has 1 heterocycles. The molecule has 0 amide bonds. The fraction of sp³-hybridized carbons (Fsp3) is 0.700. The van der Waals surface area contributed by atoms with E-state index in [-0.39, 0.29) is 6.42 Å².